The van der Waals surface area contributed by atoms with E-state index < -0.39 is 6.09 Å². The second-order valence-corrected chi connectivity index (χ2v) is 8.36. The van der Waals surface area contributed by atoms with Crippen LogP contribution in [0.1, 0.15) is 49.8 Å². The van der Waals surface area contributed by atoms with Crippen LogP contribution < -0.4 is 0 Å². The number of imidazole rings is 1. The van der Waals surface area contributed by atoms with Gasteiger partial charge in [-0.2, -0.15) is 0 Å². The fourth-order valence-corrected chi connectivity index (χ4v) is 4.18. The number of hydrogen-bond donors (Lipinski definition) is 0. The molecule has 2 amide bonds. The number of carbonyl (C=O) groups excluding carboxylic acids is 2. The minimum atomic E-state index is -0.392. The first kappa shape index (κ1) is 19.2. The Morgan fingerprint density at radius 2 is 2.11 bits per heavy atom. The maximum atomic E-state index is 12.8. The molecular formula is C20H30N4O4. The summed E-state index contributed by atoms with van der Waals surface area (Å²) in [6, 6.07) is 0. The second kappa shape index (κ2) is 8.11. The first-order valence-electron chi connectivity index (χ1n) is 10.4. The quantitative estimate of drug-likeness (QED) is 0.740. The van der Waals surface area contributed by atoms with Crippen molar-refractivity contribution in [2.75, 3.05) is 39.5 Å². The van der Waals surface area contributed by atoms with E-state index in [9.17, 15) is 9.59 Å². The number of nitrogens with zero attached hydrogens (tertiary/aromatic N) is 4. The van der Waals surface area contributed by atoms with Crippen LogP contribution in [-0.2, 0) is 33.8 Å². The maximum absolute atomic E-state index is 12.8. The Balaban J connectivity index is 1.51. The van der Waals surface area contributed by atoms with E-state index in [1.807, 2.05) is 4.90 Å². The Morgan fingerprint density at radius 3 is 2.79 bits per heavy atom. The van der Waals surface area contributed by atoms with E-state index in [4.69, 9.17) is 14.5 Å². The minimum Gasteiger partial charge on any atom is -0.448 e. The normalized spacial score (nSPS) is 22.1. The van der Waals surface area contributed by atoms with Crippen molar-refractivity contribution in [2.24, 2.45) is 5.92 Å². The van der Waals surface area contributed by atoms with Crippen LogP contribution in [0.3, 0.4) is 0 Å². The first-order valence-corrected chi connectivity index (χ1v) is 10.4. The van der Waals surface area contributed by atoms with Gasteiger partial charge in [-0.05, 0) is 25.2 Å². The summed E-state index contributed by atoms with van der Waals surface area (Å²) in [4.78, 5) is 32.8. The number of aromatic nitrogens is 2. The number of aryl methyl sites for hydroxylation is 1. The topological polar surface area (TPSA) is 76.9 Å². The van der Waals surface area contributed by atoms with Crippen molar-refractivity contribution in [3.63, 3.8) is 0 Å². The molecule has 4 heterocycles. The summed E-state index contributed by atoms with van der Waals surface area (Å²) in [5, 5.41) is 0. The van der Waals surface area contributed by atoms with Crippen LogP contribution in [0.25, 0.3) is 0 Å². The summed E-state index contributed by atoms with van der Waals surface area (Å²) in [7, 11) is 0. The van der Waals surface area contributed by atoms with E-state index in [1.54, 1.807) is 0 Å². The highest BCUT2D eigenvalue weighted by molar-refractivity contribution is 5.83. The molecule has 3 aliphatic rings. The molecule has 0 radical (unpaired) electrons. The van der Waals surface area contributed by atoms with Crippen LogP contribution in [0.2, 0.25) is 0 Å². The van der Waals surface area contributed by atoms with E-state index in [1.165, 1.54) is 4.90 Å². The predicted molar refractivity (Wildman–Crippen MR) is 102 cm³/mol. The smallest absolute Gasteiger partial charge is 0.410 e. The van der Waals surface area contributed by atoms with Gasteiger partial charge in [0.05, 0.1) is 31.1 Å². The SMILES string of the molecule is CC(C)CCc1nc(C2CCOC2)n2c1CN(C(=O)CN1CCOC1=O)CC2. The molecule has 3 aliphatic heterocycles. The third-order valence-corrected chi connectivity index (χ3v) is 5.90. The van der Waals surface area contributed by atoms with Gasteiger partial charge < -0.3 is 18.9 Å². The fourth-order valence-electron chi connectivity index (χ4n) is 4.18. The molecule has 0 N–H and O–H groups in total. The Labute approximate surface area is 165 Å². The van der Waals surface area contributed by atoms with E-state index >= 15 is 0 Å². The molecule has 1 aromatic rings. The maximum Gasteiger partial charge on any atom is 0.410 e. The monoisotopic (exact) mass is 390 g/mol. The lowest BCUT2D eigenvalue weighted by Crippen LogP contribution is -2.44. The van der Waals surface area contributed by atoms with Gasteiger partial charge in [-0.15, -0.1) is 0 Å². The number of cyclic esters (lactones) is 1. The van der Waals surface area contributed by atoms with Crippen LogP contribution in [0.5, 0.6) is 0 Å². The molecule has 4 rings (SSSR count). The molecule has 2 fully saturated rings. The van der Waals surface area contributed by atoms with Gasteiger partial charge in [0.1, 0.15) is 19.0 Å². The van der Waals surface area contributed by atoms with E-state index in [0.29, 0.717) is 38.1 Å². The highest BCUT2D eigenvalue weighted by Crippen LogP contribution is 2.30. The summed E-state index contributed by atoms with van der Waals surface area (Å²) < 4.78 is 12.8. The van der Waals surface area contributed by atoms with Crippen molar-refractivity contribution in [1.29, 1.82) is 0 Å². The van der Waals surface area contributed by atoms with Crippen LogP contribution in [0, 0.1) is 5.92 Å². The molecule has 0 spiro atoms. The Kier molecular flexibility index (Phi) is 5.57. The summed E-state index contributed by atoms with van der Waals surface area (Å²) in [6.45, 7) is 8.89. The zero-order chi connectivity index (χ0) is 19.7. The summed E-state index contributed by atoms with van der Waals surface area (Å²) in [5.41, 5.74) is 2.28. The molecule has 8 nitrogen and oxygen atoms in total. The van der Waals surface area contributed by atoms with Crippen LogP contribution in [0.15, 0.2) is 0 Å². The Hall–Kier alpha value is -2.09. The Morgan fingerprint density at radius 1 is 1.25 bits per heavy atom. The highest BCUT2D eigenvalue weighted by Gasteiger charge is 2.32. The predicted octanol–water partition coefficient (Wildman–Crippen LogP) is 1.77. The summed E-state index contributed by atoms with van der Waals surface area (Å²) in [5.74, 6) is 2.07. The third kappa shape index (κ3) is 3.87. The van der Waals surface area contributed by atoms with Crippen molar-refractivity contribution >= 4 is 12.0 Å². The second-order valence-electron chi connectivity index (χ2n) is 8.36. The molecule has 1 unspecified atom stereocenters. The molecule has 0 aromatic carbocycles. The molecule has 0 aliphatic carbocycles. The molecule has 0 saturated carbocycles. The van der Waals surface area contributed by atoms with Gasteiger partial charge in [-0.3, -0.25) is 9.69 Å². The molecule has 0 bridgehead atoms. The minimum absolute atomic E-state index is 0.0214. The number of ether oxygens (including phenoxy) is 2. The number of carbonyl (C=O) groups is 2. The standard InChI is InChI=1S/C20H30N4O4/c1-14(2)3-4-16-17-11-22(18(25)12-23-8-10-28-20(23)26)6-7-24(17)19(21-16)15-5-9-27-13-15/h14-15H,3-13H2,1-2H3. The number of rotatable bonds is 6. The van der Waals surface area contributed by atoms with Crippen molar-refractivity contribution in [2.45, 2.75) is 52.1 Å². The lowest BCUT2D eigenvalue weighted by Gasteiger charge is -2.31. The molecule has 1 aromatic heterocycles. The molecule has 154 valence electrons. The molecule has 28 heavy (non-hydrogen) atoms. The lowest BCUT2D eigenvalue weighted by atomic mass is 10.0. The van der Waals surface area contributed by atoms with Gasteiger partial charge in [0.25, 0.3) is 0 Å². The average molecular weight is 390 g/mol. The van der Waals surface area contributed by atoms with E-state index in [0.717, 1.165) is 56.2 Å². The fraction of sp³-hybridized carbons (Fsp3) is 0.750. The van der Waals surface area contributed by atoms with Crippen LogP contribution >= 0.6 is 0 Å². The number of hydrogen-bond acceptors (Lipinski definition) is 5. The van der Waals surface area contributed by atoms with Gasteiger partial charge in [0, 0.05) is 25.6 Å². The zero-order valence-electron chi connectivity index (χ0n) is 16.9. The molecule has 8 heteroatoms. The van der Waals surface area contributed by atoms with Crippen molar-refractivity contribution in [3.8, 4) is 0 Å². The third-order valence-electron chi connectivity index (χ3n) is 5.90. The van der Waals surface area contributed by atoms with Crippen LogP contribution in [0.4, 0.5) is 4.79 Å². The van der Waals surface area contributed by atoms with Gasteiger partial charge in [-0.25, -0.2) is 9.78 Å². The summed E-state index contributed by atoms with van der Waals surface area (Å²) >= 11 is 0. The van der Waals surface area contributed by atoms with E-state index in [-0.39, 0.29) is 12.5 Å². The molecule has 1 atom stereocenters. The number of amides is 2. The van der Waals surface area contributed by atoms with Crippen molar-refractivity contribution in [3.05, 3.63) is 17.2 Å². The number of fused-ring (bicyclic) bond motifs is 1. The largest absolute Gasteiger partial charge is 0.448 e. The van der Waals surface area contributed by atoms with Crippen molar-refractivity contribution < 1.29 is 19.1 Å². The first-order chi connectivity index (χ1) is 13.5. The summed E-state index contributed by atoms with van der Waals surface area (Å²) in [6.07, 6.45) is 2.63. The van der Waals surface area contributed by atoms with Gasteiger partial charge in [0.15, 0.2) is 0 Å². The zero-order valence-corrected chi connectivity index (χ0v) is 16.9. The molecular weight excluding hydrogens is 360 g/mol. The molecule has 2 saturated heterocycles. The van der Waals surface area contributed by atoms with Gasteiger partial charge in [-0.1, -0.05) is 13.8 Å². The highest BCUT2D eigenvalue weighted by atomic mass is 16.6. The van der Waals surface area contributed by atoms with Gasteiger partial charge in [0.2, 0.25) is 5.91 Å². The van der Waals surface area contributed by atoms with Crippen LogP contribution in [-0.4, -0.2) is 70.8 Å². The van der Waals surface area contributed by atoms with E-state index in [2.05, 4.69) is 18.4 Å². The van der Waals surface area contributed by atoms with Gasteiger partial charge >= 0.3 is 6.09 Å². The lowest BCUT2D eigenvalue weighted by molar-refractivity contribution is -0.133. The Bertz CT molecular complexity index is 739. The van der Waals surface area contributed by atoms with Crippen molar-refractivity contribution in [1.82, 2.24) is 19.4 Å². The average Bonchev–Trinajstić information content (AvgIpc) is 3.40.